The lowest BCUT2D eigenvalue weighted by Gasteiger charge is -2.35. The SMILES string of the molecule is CCCCN(C(=O)c1cccc(Cl)c1)c1nc2n(c1C(=O)N1CCN(C(=O)c3cnc(C)cn3)CC1)CCCC2. The number of rotatable bonds is 7. The Balaban J connectivity index is 1.42. The molecule has 2 aliphatic heterocycles. The Hall–Kier alpha value is -3.79. The smallest absolute Gasteiger partial charge is 0.274 e. The second kappa shape index (κ2) is 12.2. The Morgan fingerprint density at radius 2 is 1.73 bits per heavy atom. The second-order valence-corrected chi connectivity index (χ2v) is 10.7. The number of fused-ring (bicyclic) bond motifs is 1. The standard InChI is InChI=1S/C29H34ClN7O3/c1-3-4-11-37(27(38)21-8-7-9-22(30)17-21)26-25(36-12-6-5-10-24(36)33-26)29(40)35-15-13-34(14-16-35)28(39)23-19-31-20(2)18-32-23/h7-9,17-19H,3-6,10-16H2,1-2H3. The Morgan fingerprint density at radius 3 is 2.40 bits per heavy atom. The van der Waals surface area contributed by atoms with Crippen LogP contribution in [-0.4, -0.2) is 79.8 Å². The van der Waals surface area contributed by atoms with Crippen molar-refractivity contribution in [1.82, 2.24) is 29.3 Å². The quantitative estimate of drug-likeness (QED) is 0.430. The van der Waals surface area contributed by atoms with Gasteiger partial charge in [-0.05, 0) is 44.4 Å². The van der Waals surface area contributed by atoms with Crippen LogP contribution in [0.25, 0.3) is 0 Å². The number of unbranched alkanes of at least 4 members (excludes halogenated alkanes) is 1. The van der Waals surface area contributed by atoms with Crippen LogP contribution in [0, 0.1) is 6.92 Å². The highest BCUT2D eigenvalue weighted by atomic mass is 35.5. The highest BCUT2D eigenvalue weighted by molar-refractivity contribution is 6.31. The third-order valence-electron chi connectivity index (χ3n) is 7.42. The van der Waals surface area contributed by atoms with Gasteiger partial charge >= 0.3 is 0 Å². The van der Waals surface area contributed by atoms with E-state index in [0.29, 0.717) is 67.1 Å². The number of benzene rings is 1. The highest BCUT2D eigenvalue weighted by Crippen LogP contribution is 2.30. The van der Waals surface area contributed by atoms with E-state index < -0.39 is 0 Å². The molecule has 0 aliphatic carbocycles. The van der Waals surface area contributed by atoms with Crippen molar-refractivity contribution in [3.8, 4) is 0 Å². The first kappa shape index (κ1) is 27.8. The molecule has 1 aromatic carbocycles. The molecule has 11 heteroatoms. The lowest BCUT2D eigenvalue weighted by Crippen LogP contribution is -2.51. The van der Waals surface area contributed by atoms with Crippen LogP contribution in [0.3, 0.4) is 0 Å². The summed E-state index contributed by atoms with van der Waals surface area (Å²) in [4.78, 5) is 59.2. The number of nitrogens with zero attached hydrogens (tertiary/aromatic N) is 7. The van der Waals surface area contributed by atoms with Crippen LogP contribution in [0.5, 0.6) is 0 Å². The van der Waals surface area contributed by atoms with Gasteiger partial charge in [0, 0.05) is 62.5 Å². The lowest BCUT2D eigenvalue weighted by atomic mass is 10.1. The number of carbonyl (C=O) groups is 3. The number of carbonyl (C=O) groups excluding carboxylic acids is 3. The molecule has 0 saturated carbocycles. The molecule has 3 amide bonds. The van der Waals surface area contributed by atoms with Crippen molar-refractivity contribution in [2.75, 3.05) is 37.6 Å². The van der Waals surface area contributed by atoms with E-state index >= 15 is 0 Å². The van der Waals surface area contributed by atoms with Crippen LogP contribution in [-0.2, 0) is 13.0 Å². The molecular formula is C29H34ClN7O3. The van der Waals surface area contributed by atoms with Gasteiger partial charge in [-0.25, -0.2) is 9.97 Å². The molecule has 10 nitrogen and oxygen atoms in total. The van der Waals surface area contributed by atoms with E-state index in [4.69, 9.17) is 16.6 Å². The summed E-state index contributed by atoms with van der Waals surface area (Å²) in [6, 6.07) is 6.86. The molecule has 3 aromatic rings. The maximum Gasteiger partial charge on any atom is 0.274 e. The Labute approximate surface area is 239 Å². The summed E-state index contributed by atoms with van der Waals surface area (Å²) in [7, 11) is 0. The van der Waals surface area contributed by atoms with Gasteiger partial charge in [0.1, 0.15) is 11.5 Å². The van der Waals surface area contributed by atoms with E-state index in [9.17, 15) is 14.4 Å². The van der Waals surface area contributed by atoms with E-state index in [0.717, 1.165) is 43.6 Å². The largest absolute Gasteiger partial charge is 0.334 e. The minimum absolute atomic E-state index is 0.168. The first-order valence-corrected chi connectivity index (χ1v) is 14.3. The van der Waals surface area contributed by atoms with E-state index in [2.05, 4.69) is 16.9 Å². The first-order chi connectivity index (χ1) is 19.4. The molecule has 0 bridgehead atoms. The molecule has 210 valence electrons. The summed E-state index contributed by atoms with van der Waals surface area (Å²) >= 11 is 6.20. The van der Waals surface area contributed by atoms with E-state index in [1.54, 1.807) is 45.2 Å². The van der Waals surface area contributed by atoms with Crippen molar-refractivity contribution in [2.45, 2.75) is 52.5 Å². The number of piperazine rings is 1. The fourth-order valence-corrected chi connectivity index (χ4v) is 5.38. The molecule has 0 radical (unpaired) electrons. The number of aromatic nitrogens is 4. The van der Waals surface area contributed by atoms with Gasteiger partial charge < -0.3 is 14.4 Å². The summed E-state index contributed by atoms with van der Waals surface area (Å²) in [5.41, 5.74) is 1.95. The minimum atomic E-state index is -0.227. The predicted octanol–water partition coefficient (Wildman–Crippen LogP) is 4.02. The van der Waals surface area contributed by atoms with Crippen LogP contribution in [0.2, 0.25) is 5.02 Å². The normalized spacial score (nSPS) is 15.1. The van der Waals surface area contributed by atoms with Crippen molar-refractivity contribution >= 4 is 35.1 Å². The third kappa shape index (κ3) is 5.72. The number of aryl methyl sites for hydroxylation is 2. The fourth-order valence-electron chi connectivity index (χ4n) is 5.19. The van der Waals surface area contributed by atoms with Gasteiger partial charge in [0.2, 0.25) is 0 Å². The predicted molar refractivity (Wildman–Crippen MR) is 152 cm³/mol. The highest BCUT2D eigenvalue weighted by Gasteiger charge is 2.35. The van der Waals surface area contributed by atoms with E-state index in [1.165, 1.54) is 6.20 Å². The zero-order valence-corrected chi connectivity index (χ0v) is 23.7. The van der Waals surface area contributed by atoms with Gasteiger partial charge in [-0.3, -0.25) is 24.3 Å². The van der Waals surface area contributed by atoms with Crippen LogP contribution < -0.4 is 4.90 Å². The van der Waals surface area contributed by atoms with Gasteiger partial charge in [0.25, 0.3) is 17.7 Å². The number of anilines is 1. The van der Waals surface area contributed by atoms with Gasteiger partial charge in [-0.2, -0.15) is 0 Å². The summed E-state index contributed by atoms with van der Waals surface area (Å²) in [6.07, 6.45) is 7.41. The average Bonchev–Trinajstić information content (AvgIpc) is 3.36. The maximum atomic E-state index is 14.1. The number of amides is 3. The van der Waals surface area contributed by atoms with Crippen LogP contribution >= 0.6 is 11.6 Å². The first-order valence-electron chi connectivity index (χ1n) is 13.9. The van der Waals surface area contributed by atoms with Crippen molar-refractivity contribution in [1.29, 1.82) is 0 Å². The van der Waals surface area contributed by atoms with Gasteiger partial charge in [-0.1, -0.05) is 31.0 Å². The summed E-state index contributed by atoms with van der Waals surface area (Å²) in [5, 5.41) is 0.478. The monoisotopic (exact) mass is 563 g/mol. The molecule has 2 aromatic heterocycles. The summed E-state index contributed by atoms with van der Waals surface area (Å²) < 4.78 is 1.99. The Kier molecular flexibility index (Phi) is 8.44. The van der Waals surface area contributed by atoms with Crippen LogP contribution in [0.1, 0.15) is 75.5 Å². The van der Waals surface area contributed by atoms with Crippen molar-refractivity contribution in [3.63, 3.8) is 0 Å². The molecule has 0 unspecified atom stereocenters. The molecular weight excluding hydrogens is 530 g/mol. The van der Waals surface area contributed by atoms with Crippen molar-refractivity contribution in [2.24, 2.45) is 0 Å². The Bertz CT molecular complexity index is 1400. The fraction of sp³-hybridized carbons (Fsp3) is 0.448. The molecule has 4 heterocycles. The Morgan fingerprint density at radius 1 is 0.975 bits per heavy atom. The number of hydrogen-bond acceptors (Lipinski definition) is 6. The molecule has 2 aliphatic rings. The van der Waals surface area contributed by atoms with E-state index in [1.807, 2.05) is 11.5 Å². The number of halogens is 1. The van der Waals surface area contributed by atoms with Gasteiger partial charge in [0.05, 0.1) is 11.9 Å². The second-order valence-electron chi connectivity index (χ2n) is 10.3. The minimum Gasteiger partial charge on any atom is -0.334 e. The van der Waals surface area contributed by atoms with Crippen molar-refractivity contribution < 1.29 is 14.4 Å². The summed E-state index contributed by atoms with van der Waals surface area (Å²) in [5.74, 6) is 0.652. The zero-order valence-electron chi connectivity index (χ0n) is 23.0. The van der Waals surface area contributed by atoms with Crippen LogP contribution in [0.4, 0.5) is 5.82 Å². The molecule has 0 atom stereocenters. The molecule has 40 heavy (non-hydrogen) atoms. The van der Waals surface area contributed by atoms with Gasteiger partial charge in [-0.15, -0.1) is 0 Å². The average molecular weight is 564 g/mol. The molecule has 1 fully saturated rings. The molecule has 0 spiro atoms. The molecule has 5 rings (SSSR count). The topological polar surface area (TPSA) is 105 Å². The number of hydrogen-bond donors (Lipinski definition) is 0. The van der Waals surface area contributed by atoms with Gasteiger partial charge in [0.15, 0.2) is 11.5 Å². The maximum absolute atomic E-state index is 14.1. The molecule has 1 saturated heterocycles. The molecule has 0 N–H and O–H groups in total. The number of imidazole rings is 1. The summed E-state index contributed by atoms with van der Waals surface area (Å²) in [6.45, 7) is 6.53. The lowest BCUT2D eigenvalue weighted by molar-refractivity contribution is 0.0526. The van der Waals surface area contributed by atoms with Crippen molar-refractivity contribution in [3.05, 3.63) is 70.2 Å². The van der Waals surface area contributed by atoms with E-state index in [-0.39, 0.29) is 17.7 Å². The van der Waals surface area contributed by atoms with Crippen LogP contribution in [0.15, 0.2) is 36.7 Å². The third-order valence-corrected chi connectivity index (χ3v) is 7.66. The zero-order chi connectivity index (χ0) is 28.2.